The molecule has 0 radical (unpaired) electrons. The summed E-state index contributed by atoms with van der Waals surface area (Å²) in [5.74, 6) is 0.535. The van der Waals surface area contributed by atoms with Crippen LogP contribution in [0.25, 0.3) is 11.2 Å². The van der Waals surface area contributed by atoms with Crippen LogP contribution in [0.1, 0.15) is 12.6 Å². The van der Waals surface area contributed by atoms with E-state index in [1.54, 1.807) is 11.6 Å². The summed E-state index contributed by atoms with van der Waals surface area (Å²) in [7, 11) is 1.72. The second-order valence-electron chi connectivity index (χ2n) is 4.52. The molecule has 1 aliphatic rings. The zero-order valence-electron chi connectivity index (χ0n) is 10.7. The highest BCUT2D eigenvalue weighted by Gasteiger charge is 2.36. The topological polar surface area (TPSA) is 105 Å². The van der Waals surface area contributed by atoms with Gasteiger partial charge < -0.3 is 20.3 Å². The molecule has 2 aromatic rings. The lowest BCUT2D eigenvalue weighted by Gasteiger charge is -2.16. The first kappa shape index (κ1) is 13.5. The summed E-state index contributed by atoms with van der Waals surface area (Å²) in [6.07, 6.45) is 0.0497. The monoisotopic (exact) mass is 299 g/mol. The molecule has 3 heterocycles. The third kappa shape index (κ3) is 2.10. The molecular formula is C11H14ClN5O3. The molecule has 2 aromatic heterocycles. The van der Waals surface area contributed by atoms with Gasteiger partial charge in [-0.2, -0.15) is 4.98 Å². The van der Waals surface area contributed by atoms with Crippen molar-refractivity contribution >= 4 is 28.7 Å². The van der Waals surface area contributed by atoms with E-state index in [0.717, 1.165) is 0 Å². The van der Waals surface area contributed by atoms with Crippen LogP contribution < -0.4 is 5.32 Å². The smallest absolute Gasteiger partial charge is 0.224 e. The number of nitrogens with one attached hydrogen (secondary N) is 1. The van der Waals surface area contributed by atoms with E-state index in [4.69, 9.17) is 21.4 Å². The van der Waals surface area contributed by atoms with Crippen molar-refractivity contribution in [1.29, 1.82) is 0 Å². The van der Waals surface area contributed by atoms with Gasteiger partial charge in [0, 0.05) is 13.5 Å². The second kappa shape index (κ2) is 5.13. The molecule has 3 N–H and O–H groups in total. The van der Waals surface area contributed by atoms with Crippen molar-refractivity contribution in [2.24, 2.45) is 0 Å². The van der Waals surface area contributed by atoms with Crippen molar-refractivity contribution in [1.82, 2.24) is 19.5 Å². The van der Waals surface area contributed by atoms with Gasteiger partial charge in [0.05, 0.1) is 18.9 Å². The van der Waals surface area contributed by atoms with Gasteiger partial charge in [-0.3, -0.25) is 4.57 Å². The first-order valence-electron chi connectivity index (χ1n) is 6.16. The van der Waals surface area contributed by atoms with Crippen molar-refractivity contribution in [2.45, 2.75) is 24.9 Å². The van der Waals surface area contributed by atoms with Gasteiger partial charge in [0.25, 0.3) is 0 Å². The van der Waals surface area contributed by atoms with Crippen LogP contribution in [-0.2, 0) is 4.74 Å². The van der Waals surface area contributed by atoms with Crippen LogP contribution >= 0.6 is 11.6 Å². The quantitative estimate of drug-likeness (QED) is 0.693. The maximum atomic E-state index is 9.85. The number of anilines is 1. The van der Waals surface area contributed by atoms with E-state index in [1.807, 2.05) is 0 Å². The summed E-state index contributed by atoms with van der Waals surface area (Å²) >= 11 is 5.82. The van der Waals surface area contributed by atoms with Crippen molar-refractivity contribution < 1.29 is 14.9 Å². The minimum Gasteiger partial charge on any atom is -0.394 e. The third-order valence-electron chi connectivity index (χ3n) is 3.30. The fourth-order valence-corrected chi connectivity index (χ4v) is 2.49. The summed E-state index contributed by atoms with van der Waals surface area (Å²) in [6.45, 7) is -0.241. The molecule has 20 heavy (non-hydrogen) atoms. The number of rotatable bonds is 3. The normalized spacial score (nSPS) is 26.3. The van der Waals surface area contributed by atoms with E-state index < -0.39 is 18.4 Å². The van der Waals surface area contributed by atoms with Crippen molar-refractivity contribution in [3.8, 4) is 0 Å². The fourth-order valence-electron chi connectivity index (χ4n) is 2.36. The van der Waals surface area contributed by atoms with Gasteiger partial charge in [0.15, 0.2) is 5.65 Å². The fraction of sp³-hybridized carbons (Fsp3) is 0.545. The van der Waals surface area contributed by atoms with Crippen LogP contribution in [0.3, 0.4) is 0 Å². The zero-order valence-corrected chi connectivity index (χ0v) is 11.4. The van der Waals surface area contributed by atoms with E-state index in [-0.39, 0.29) is 11.9 Å². The molecule has 0 aromatic carbocycles. The van der Waals surface area contributed by atoms with E-state index in [0.29, 0.717) is 23.5 Å². The number of nitrogens with zero attached hydrogens (tertiary/aromatic N) is 4. The first-order valence-corrected chi connectivity index (χ1v) is 6.54. The molecule has 8 nitrogen and oxygen atoms in total. The largest absolute Gasteiger partial charge is 0.394 e. The molecular weight excluding hydrogens is 286 g/mol. The van der Waals surface area contributed by atoms with Crippen LogP contribution in [-0.4, -0.2) is 55.6 Å². The van der Waals surface area contributed by atoms with Crippen molar-refractivity contribution in [2.75, 3.05) is 19.0 Å². The molecule has 0 saturated carbocycles. The number of halogens is 1. The van der Waals surface area contributed by atoms with Crippen molar-refractivity contribution in [3.05, 3.63) is 11.5 Å². The lowest BCUT2D eigenvalue weighted by atomic mass is 10.2. The van der Waals surface area contributed by atoms with Gasteiger partial charge in [0.1, 0.15) is 17.8 Å². The zero-order chi connectivity index (χ0) is 14.3. The van der Waals surface area contributed by atoms with E-state index in [1.165, 1.54) is 6.20 Å². The number of ether oxygens (including phenoxy) is 1. The number of aliphatic hydroxyl groups is 2. The molecule has 9 heteroatoms. The Morgan fingerprint density at radius 3 is 3.00 bits per heavy atom. The molecule has 3 atom stereocenters. The van der Waals surface area contributed by atoms with Gasteiger partial charge in [-0.25, -0.2) is 9.97 Å². The molecule has 1 fully saturated rings. The maximum Gasteiger partial charge on any atom is 0.224 e. The Labute approximate surface area is 119 Å². The average molecular weight is 300 g/mol. The van der Waals surface area contributed by atoms with Gasteiger partial charge in [-0.05, 0) is 11.6 Å². The molecule has 0 aliphatic carbocycles. The predicted molar refractivity (Wildman–Crippen MR) is 71.5 cm³/mol. The molecule has 0 amide bonds. The Morgan fingerprint density at radius 1 is 1.55 bits per heavy atom. The summed E-state index contributed by atoms with van der Waals surface area (Å²) in [5.41, 5.74) is 1.09. The van der Waals surface area contributed by atoms with Crippen LogP contribution in [0.5, 0.6) is 0 Å². The molecule has 0 bridgehead atoms. The summed E-state index contributed by atoms with van der Waals surface area (Å²) in [4.78, 5) is 12.4. The number of aromatic nitrogens is 4. The molecule has 1 saturated heterocycles. The van der Waals surface area contributed by atoms with E-state index in [2.05, 4.69) is 20.3 Å². The summed E-state index contributed by atoms with van der Waals surface area (Å²) < 4.78 is 7.35. The number of hydrogen-bond acceptors (Lipinski definition) is 7. The minimum absolute atomic E-state index is 0.110. The van der Waals surface area contributed by atoms with E-state index in [9.17, 15) is 5.11 Å². The Morgan fingerprint density at radius 2 is 2.35 bits per heavy atom. The Balaban J connectivity index is 2.08. The van der Waals surface area contributed by atoms with Crippen LogP contribution in [0.2, 0.25) is 5.28 Å². The maximum absolute atomic E-state index is 9.85. The van der Waals surface area contributed by atoms with Crippen molar-refractivity contribution in [3.63, 3.8) is 0 Å². The van der Waals surface area contributed by atoms with Crippen LogP contribution in [0, 0.1) is 0 Å². The van der Waals surface area contributed by atoms with E-state index >= 15 is 0 Å². The molecule has 108 valence electrons. The Hall–Kier alpha value is -1.48. The summed E-state index contributed by atoms with van der Waals surface area (Å²) in [5, 5.41) is 22.1. The molecule has 0 spiro atoms. The molecule has 3 rings (SSSR count). The Kier molecular flexibility index (Phi) is 3.47. The van der Waals surface area contributed by atoms with Gasteiger partial charge in [-0.1, -0.05) is 0 Å². The summed E-state index contributed by atoms with van der Waals surface area (Å²) in [6, 6.07) is 0. The number of fused-ring (bicyclic) bond motifs is 1. The molecule has 0 unspecified atom stereocenters. The highest BCUT2D eigenvalue weighted by molar-refractivity contribution is 6.28. The van der Waals surface area contributed by atoms with Crippen LogP contribution in [0.4, 0.5) is 5.95 Å². The number of aliphatic hydroxyl groups excluding tert-OH is 2. The van der Waals surface area contributed by atoms with Gasteiger partial charge >= 0.3 is 0 Å². The number of hydrogen-bond donors (Lipinski definition) is 3. The minimum atomic E-state index is -0.732. The lowest BCUT2D eigenvalue weighted by Crippen LogP contribution is -2.24. The van der Waals surface area contributed by atoms with Crippen LogP contribution in [0.15, 0.2) is 6.20 Å². The first-order chi connectivity index (χ1) is 9.63. The molecule has 1 aliphatic heterocycles. The number of imidazole rings is 1. The van der Waals surface area contributed by atoms with Gasteiger partial charge in [-0.15, -0.1) is 0 Å². The predicted octanol–water partition coefficient (Wildman–Crippen LogP) is 0.162. The highest BCUT2D eigenvalue weighted by Crippen LogP contribution is 2.33. The third-order valence-corrected chi connectivity index (χ3v) is 3.48. The lowest BCUT2D eigenvalue weighted by molar-refractivity contribution is -0.0425. The standard InChI is InChI=1S/C11H14ClN5O3/c1-13-11-15-5-3-14-10(12)16-9(5)17(11)8-2-6(19)7(4-18)20-8/h3,6-8,18-19H,2,4H2,1H3,(H,13,15)/t6-,7+,8+/m1/s1. The highest BCUT2D eigenvalue weighted by atomic mass is 35.5. The average Bonchev–Trinajstić information content (AvgIpc) is 2.98. The SMILES string of the molecule is CNc1nc2cnc(Cl)nc2n1[C@@H]1C[C@@H](O)[C@H](CO)O1. The Bertz CT molecular complexity index is 634. The second-order valence-corrected chi connectivity index (χ2v) is 4.86. The van der Waals surface area contributed by atoms with Gasteiger partial charge in [0.2, 0.25) is 11.2 Å².